The number of rotatable bonds is 5. The van der Waals surface area contributed by atoms with Crippen LogP contribution < -0.4 is 9.42 Å². The van der Waals surface area contributed by atoms with Crippen molar-refractivity contribution in [3.8, 4) is 5.75 Å². The second kappa shape index (κ2) is 6.52. The first kappa shape index (κ1) is 16.5. The van der Waals surface area contributed by atoms with Crippen LogP contribution in [0.4, 0.5) is 13.2 Å². The fourth-order valence-corrected chi connectivity index (χ4v) is 2.62. The third kappa shape index (κ3) is 4.59. The molecule has 0 aliphatic rings. The number of benzene rings is 2. The molecule has 1 unspecified atom stereocenters. The van der Waals surface area contributed by atoms with Crippen molar-refractivity contribution in [3.05, 3.63) is 66.2 Å². The number of hydrogen-bond donors (Lipinski definition) is 0. The zero-order valence-corrected chi connectivity index (χ0v) is 12.0. The van der Waals surface area contributed by atoms with Gasteiger partial charge >= 0.3 is 14.0 Å². The second-order valence-corrected chi connectivity index (χ2v) is 5.58. The molecule has 2 aromatic rings. The van der Waals surface area contributed by atoms with Gasteiger partial charge in [0, 0.05) is 0 Å². The van der Waals surface area contributed by atoms with Gasteiger partial charge in [0.2, 0.25) is 0 Å². The lowest BCUT2D eigenvalue weighted by Crippen LogP contribution is -2.26. The summed E-state index contributed by atoms with van der Waals surface area (Å²) in [7, 11) is -5.20. The summed E-state index contributed by atoms with van der Waals surface area (Å²) in [5.41, 5.74) is -0.331. The molecule has 4 nitrogen and oxygen atoms in total. The van der Waals surface area contributed by atoms with E-state index in [1.807, 2.05) is 0 Å². The van der Waals surface area contributed by atoms with Crippen molar-refractivity contribution in [1.29, 1.82) is 0 Å². The maximum atomic E-state index is 13.0. The van der Waals surface area contributed by atoms with E-state index in [1.165, 1.54) is 42.5 Å². The van der Waals surface area contributed by atoms with Crippen molar-refractivity contribution in [1.82, 2.24) is 0 Å². The molecule has 0 spiro atoms. The lowest BCUT2D eigenvalue weighted by Gasteiger charge is -2.29. The van der Waals surface area contributed by atoms with Gasteiger partial charge in [-0.25, -0.2) is 0 Å². The number of halogens is 3. The van der Waals surface area contributed by atoms with E-state index in [4.69, 9.17) is 0 Å². The lowest BCUT2D eigenvalue weighted by molar-refractivity contribution is -0.253. The summed E-state index contributed by atoms with van der Waals surface area (Å²) in [4.78, 5) is 11.7. The van der Waals surface area contributed by atoms with Gasteiger partial charge in [-0.3, -0.25) is 9.09 Å². The zero-order chi connectivity index (χ0) is 16.2. The highest BCUT2D eigenvalue weighted by Gasteiger charge is 2.44. The fraction of sp³-hybridized carbons (Fsp3) is 0.143. The molecule has 0 radical (unpaired) electrons. The second-order valence-electron chi connectivity index (χ2n) is 4.29. The van der Waals surface area contributed by atoms with Gasteiger partial charge in [0.15, 0.2) is 6.10 Å². The molecule has 118 valence electrons. The van der Waals surface area contributed by atoms with E-state index in [0.717, 1.165) is 12.1 Å². The number of alkyl halides is 3. The highest BCUT2D eigenvalue weighted by Crippen LogP contribution is 2.49. The van der Waals surface area contributed by atoms with Gasteiger partial charge < -0.3 is 9.42 Å². The Hall–Kier alpha value is -1.82. The predicted octanol–water partition coefficient (Wildman–Crippen LogP) is 3.85. The maximum Gasteiger partial charge on any atom is 0.419 e. The Morgan fingerprint density at radius 1 is 0.955 bits per heavy atom. The molecule has 0 aliphatic carbocycles. The largest absolute Gasteiger partial charge is 0.746 e. The minimum atomic E-state index is -5.20. The third-order valence-corrected chi connectivity index (χ3v) is 3.50. The van der Waals surface area contributed by atoms with Crippen molar-refractivity contribution >= 4 is 7.82 Å². The van der Waals surface area contributed by atoms with E-state index < -0.39 is 20.1 Å². The topological polar surface area (TPSA) is 58.6 Å². The van der Waals surface area contributed by atoms with Gasteiger partial charge in [-0.2, -0.15) is 13.2 Å². The van der Waals surface area contributed by atoms with Gasteiger partial charge in [0.05, 0.1) is 0 Å². The molecular formula is C14H11F3O4P-. The first-order valence-corrected chi connectivity index (χ1v) is 7.60. The Labute approximate surface area is 124 Å². The zero-order valence-electron chi connectivity index (χ0n) is 11.1. The standard InChI is InChI=1S/C14H12F3O4P/c15-14(16,17)13(11-7-3-1-4-8-11)21-22(18,19)20-12-9-5-2-6-10-12/h1-10,13H,(H,18,19)/p-1/t13-/m1/s1. The average molecular weight is 331 g/mol. The Morgan fingerprint density at radius 2 is 1.45 bits per heavy atom. The van der Waals surface area contributed by atoms with E-state index in [-0.39, 0.29) is 11.3 Å². The van der Waals surface area contributed by atoms with Gasteiger partial charge in [0.25, 0.3) is 0 Å². The summed E-state index contributed by atoms with van der Waals surface area (Å²) in [5, 5.41) is 0. The average Bonchev–Trinajstić information content (AvgIpc) is 2.45. The molecule has 0 saturated carbocycles. The molecule has 0 fully saturated rings. The third-order valence-electron chi connectivity index (χ3n) is 2.59. The van der Waals surface area contributed by atoms with Gasteiger partial charge in [-0.15, -0.1) is 0 Å². The van der Waals surface area contributed by atoms with Crippen LogP contribution in [0.1, 0.15) is 11.7 Å². The maximum absolute atomic E-state index is 13.0. The molecule has 0 saturated heterocycles. The molecule has 0 heterocycles. The summed E-state index contributed by atoms with van der Waals surface area (Å²) in [5.74, 6) is -0.130. The van der Waals surface area contributed by atoms with Crippen LogP contribution in [0, 0.1) is 0 Å². The molecule has 0 aliphatic heterocycles. The van der Waals surface area contributed by atoms with E-state index in [1.54, 1.807) is 6.07 Å². The molecule has 8 heteroatoms. The van der Waals surface area contributed by atoms with E-state index in [0.29, 0.717) is 0 Å². The van der Waals surface area contributed by atoms with Crippen LogP contribution in [-0.2, 0) is 9.09 Å². The fourth-order valence-electron chi connectivity index (χ4n) is 1.70. The molecule has 2 aromatic carbocycles. The van der Waals surface area contributed by atoms with Gasteiger partial charge in [0.1, 0.15) is 5.75 Å². The molecule has 0 amide bonds. The van der Waals surface area contributed by atoms with Gasteiger partial charge in [-0.1, -0.05) is 48.5 Å². The summed E-state index contributed by atoms with van der Waals surface area (Å²) >= 11 is 0. The molecule has 2 rings (SSSR count). The predicted molar refractivity (Wildman–Crippen MR) is 71.0 cm³/mol. The molecule has 2 atom stereocenters. The summed E-state index contributed by atoms with van der Waals surface area (Å²) in [6.07, 6.45) is -7.53. The SMILES string of the molecule is O=P([O-])(Oc1ccccc1)O[C@H](c1ccccc1)C(F)(F)F. The Balaban J connectivity index is 2.21. The Kier molecular flexibility index (Phi) is 4.90. The quantitative estimate of drug-likeness (QED) is 0.781. The molecule has 0 N–H and O–H groups in total. The van der Waals surface area contributed by atoms with Crippen molar-refractivity contribution in [2.75, 3.05) is 0 Å². The normalized spacial score (nSPS) is 15.8. The highest BCUT2D eigenvalue weighted by molar-refractivity contribution is 7.46. The van der Waals surface area contributed by atoms with Crippen molar-refractivity contribution in [3.63, 3.8) is 0 Å². The number of para-hydroxylation sites is 1. The van der Waals surface area contributed by atoms with Crippen LogP contribution in [0.3, 0.4) is 0 Å². The first-order valence-electron chi connectivity index (χ1n) is 6.14. The summed E-state index contributed by atoms with van der Waals surface area (Å²) in [6.45, 7) is 0. The van der Waals surface area contributed by atoms with Crippen LogP contribution >= 0.6 is 7.82 Å². The molecule has 22 heavy (non-hydrogen) atoms. The molecule has 0 bridgehead atoms. The van der Waals surface area contributed by atoms with E-state index in [2.05, 4.69) is 9.05 Å². The molecular weight excluding hydrogens is 320 g/mol. The van der Waals surface area contributed by atoms with Crippen LogP contribution in [0.15, 0.2) is 60.7 Å². The first-order chi connectivity index (χ1) is 10.3. The van der Waals surface area contributed by atoms with Crippen molar-refractivity contribution in [2.24, 2.45) is 0 Å². The highest BCUT2D eigenvalue weighted by atomic mass is 31.2. The van der Waals surface area contributed by atoms with Gasteiger partial charge in [-0.05, 0) is 17.7 Å². The van der Waals surface area contributed by atoms with Crippen molar-refractivity contribution in [2.45, 2.75) is 12.3 Å². The summed E-state index contributed by atoms with van der Waals surface area (Å²) < 4.78 is 59.6. The number of hydrogen-bond acceptors (Lipinski definition) is 4. The summed E-state index contributed by atoms with van der Waals surface area (Å²) in [6, 6.07) is 13.6. The minimum Gasteiger partial charge on any atom is -0.746 e. The lowest BCUT2D eigenvalue weighted by atomic mass is 10.1. The van der Waals surface area contributed by atoms with Crippen LogP contribution in [0.2, 0.25) is 0 Å². The number of phosphoric acid groups is 1. The Morgan fingerprint density at radius 3 is 1.95 bits per heavy atom. The van der Waals surface area contributed by atoms with Crippen LogP contribution in [0.5, 0.6) is 5.75 Å². The minimum absolute atomic E-state index is 0.130. The Bertz CT molecular complexity index is 646. The van der Waals surface area contributed by atoms with Crippen LogP contribution in [0.25, 0.3) is 0 Å². The smallest absolute Gasteiger partial charge is 0.419 e. The van der Waals surface area contributed by atoms with E-state index in [9.17, 15) is 22.6 Å². The molecule has 0 aromatic heterocycles. The van der Waals surface area contributed by atoms with Crippen LogP contribution in [-0.4, -0.2) is 6.18 Å². The number of phosphoric ester groups is 1. The monoisotopic (exact) mass is 331 g/mol. The van der Waals surface area contributed by atoms with Crippen molar-refractivity contribution < 1.29 is 31.7 Å². The van der Waals surface area contributed by atoms with E-state index >= 15 is 0 Å².